The highest BCUT2D eigenvalue weighted by Crippen LogP contribution is 2.10. The van der Waals surface area contributed by atoms with Crippen molar-refractivity contribution < 1.29 is 4.79 Å². The summed E-state index contributed by atoms with van der Waals surface area (Å²) in [4.78, 5) is 16.2. The average Bonchev–Trinajstić information content (AvgIpc) is 2.38. The van der Waals surface area contributed by atoms with Gasteiger partial charge in [0.05, 0.1) is 0 Å². The van der Waals surface area contributed by atoms with Gasteiger partial charge in [0.25, 0.3) is 0 Å². The number of hydrogen-bond donors (Lipinski definition) is 1. The molecule has 0 aromatic heterocycles. The molecule has 1 heterocycles. The van der Waals surface area contributed by atoms with E-state index in [9.17, 15) is 4.79 Å². The maximum atomic E-state index is 11.9. The Balaban J connectivity index is 1.81. The highest BCUT2D eigenvalue weighted by Gasteiger charge is 2.21. The molecule has 0 radical (unpaired) electrons. The monoisotopic (exact) mass is 275 g/mol. The standard InChI is InChI=1S/C16H25N3O/c1-13(2)17-16(20)19-9-7-18(8-10-19)12-15-6-4-5-14(3)11-15/h4-6,11,13H,7-10,12H2,1-3H3,(H,17,20). The molecule has 0 atom stereocenters. The van der Waals surface area contributed by atoms with Crippen molar-refractivity contribution in [2.45, 2.75) is 33.4 Å². The van der Waals surface area contributed by atoms with Gasteiger partial charge in [0, 0.05) is 38.8 Å². The van der Waals surface area contributed by atoms with Crippen LogP contribution >= 0.6 is 0 Å². The number of nitrogens with zero attached hydrogens (tertiary/aromatic N) is 2. The van der Waals surface area contributed by atoms with Crippen LogP contribution in [0.4, 0.5) is 4.79 Å². The fourth-order valence-electron chi connectivity index (χ4n) is 2.52. The largest absolute Gasteiger partial charge is 0.336 e. The Morgan fingerprint density at radius 1 is 1.25 bits per heavy atom. The summed E-state index contributed by atoms with van der Waals surface area (Å²) in [6.45, 7) is 10.6. The van der Waals surface area contributed by atoms with Crippen molar-refractivity contribution in [2.75, 3.05) is 26.2 Å². The first-order valence-electron chi connectivity index (χ1n) is 7.38. The number of carbonyl (C=O) groups excluding carboxylic acids is 1. The summed E-state index contributed by atoms with van der Waals surface area (Å²) in [5, 5.41) is 2.95. The number of benzene rings is 1. The van der Waals surface area contributed by atoms with Crippen LogP contribution in [0.25, 0.3) is 0 Å². The number of urea groups is 1. The Kier molecular flexibility index (Phi) is 5.01. The Hall–Kier alpha value is -1.55. The summed E-state index contributed by atoms with van der Waals surface area (Å²) < 4.78 is 0. The van der Waals surface area contributed by atoms with Gasteiger partial charge in [-0.05, 0) is 26.3 Å². The number of rotatable bonds is 3. The van der Waals surface area contributed by atoms with E-state index in [0.717, 1.165) is 32.7 Å². The zero-order valence-electron chi connectivity index (χ0n) is 12.7. The third kappa shape index (κ3) is 4.23. The summed E-state index contributed by atoms with van der Waals surface area (Å²) in [6.07, 6.45) is 0. The lowest BCUT2D eigenvalue weighted by Gasteiger charge is -2.35. The molecular weight excluding hydrogens is 250 g/mol. The van der Waals surface area contributed by atoms with Crippen molar-refractivity contribution in [1.82, 2.24) is 15.1 Å². The average molecular weight is 275 g/mol. The van der Waals surface area contributed by atoms with Crippen LogP contribution in [0.15, 0.2) is 24.3 Å². The molecule has 1 aromatic rings. The van der Waals surface area contributed by atoms with Crippen LogP contribution in [0.3, 0.4) is 0 Å². The third-order valence-corrected chi connectivity index (χ3v) is 3.56. The van der Waals surface area contributed by atoms with E-state index in [2.05, 4.69) is 41.4 Å². The van der Waals surface area contributed by atoms with Crippen molar-refractivity contribution >= 4 is 6.03 Å². The smallest absolute Gasteiger partial charge is 0.317 e. The molecule has 4 heteroatoms. The van der Waals surface area contributed by atoms with Gasteiger partial charge in [-0.25, -0.2) is 4.79 Å². The maximum Gasteiger partial charge on any atom is 0.317 e. The number of aryl methyl sites for hydroxylation is 1. The second kappa shape index (κ2) is 6.75. The molecule has 1 aliphatic rings. The fraction of sp³-hybridized carbons (Fsp3) is 0.562. The van der Waals surface area contributed by atoms with Crippen molar-refractivity contribution in [2.24, 2.45) is 0 Å². The normalized spacial score (nSPS) is 16.5. The van der Waals surface area contributed by atoms with Gasteiger partial charge < -0.3 is 10.2 Å². The number of piperazine rings is 1. The first-order chi connectivity index (χ1) is 9.54. The molecule has 0 bridgehead atoms. The quantitative estimate of drug-likeness (QED) is 0.918. The van der Waals surface area contributed by atoms with E-state index in [0.29, 0.717) is 0 Å². The van der Waals surface area contributed by atoms with Gasteiger partial charge in [-0.3, -0.25) is 4.90 Å². The minimum atomic E-state index is 0.0650. The molecule has 2 amide bonds. The molecule has 1 saturated heterocycles. The number of carbonyl (C=O) groups is 1. The molecular formula is C16H25N3O. The zero-order valence-corrected chi connectivity index (χ0v) is 12.7. The first kappa shape index (κ1) is 14.9. The Labute approximate surface area is 121 Å². The van der Waals surface area contributed by atoms with Crippen molar-refractivity contribution in [3.8, 4) is 0 Å². The van der Waals surface area contributed by atoms with Crippen LogP contribution in [0, 0.1) is 6.92 Å². The second-order valence-corrected chi connectivity index (χ2v) is 5.86. The van der Waals surface area contributed by atoms with Gasteiger partial charge in [0.15, 0.2) is 0 Å². The van der Waals surface area contributed by atoms with Crippen LogP contribution in [0.1, 0.15) is 25.0 Å². The molecule has 0 aliphatic carbocycles. The van der Waals surface area contributed by atoms with E-state index in [-0.39, 0.29) is 12.1 Å². The SMILES string of the molecule is Cc1cccc(CN2CCN(C(=O)NC(C)C)CC2)c1. The molecule has 0 unspecified atom stereocenters. The minimum Gasteiger partial charge on any atom is -0.336 e. The molecule has 1 N–H and O–H groups in total. The van der Waals surface area contributed by atoms with Crippen LogP contribution < -0.4 is 5.32 Å². The van der Waals surface area contributed by atoms with Gasteiger partial charge in [-0.2, -0.15) is 0 Å². The number of hydrogen-bond acceptors (Lipinski definition) is 2. The van der Waals surface area contributed by atoms with Crippen molar-refractivity contribution in [1.29, 1.82) is 0 Å². The summed E-state index contributed by atoms with van der Waals surface area (Å²) in [5.74, 6) is 0. The maximum absolute atomic E-state index is 11.9. The lowest BCUT2D eigenvalue weighted by atomic mass is 10.1. The highest BCUT2D eigenvalue weighted by molar-refractivity contribution is 5.74. The molecule has 0 spiro atoms. The summed E-state index contributed by atoms with van der Waals surface area (Å²) >= 11 is 0. The molecule has 20 heavy (non-hydrogen) atoms. The van der Waals surface area contributed by atoms with Crippen LogP contribution in [0.5, 0.6) is 0 Å². The minimum absolute atomic E-state index is 0.0650. The van der Waals surface area contributed by atoms with Crippen LogP contribution in [-0.2, 0) is 6.54 Å². The molecule has 1 fully saturated rings. The predicted octanol–water partition coefficient (Wildman–Crippen LogP) is 2.23. The van der Waals surface area contributed by atoms with E-state index in [1.165, 1.54) is 11.1 Å². The molecule has 110 valence electrons. The lowest BCUT2D eigenvalue weighted by molar-refractivity contribution is 0.134. The highest BCUT2D eigenvalue weighted by atomic mass is 16.2. The van der Waals surface area contributed by atoms with Gasteiger partial charge >= 0.3 is 6.03 Å². The van der Waals surface area contributed by atoms with E-state index in [1.54, 1.807) is 0 Å². The molecule has 0 saturated carbocycles. The van der Waals surface area contributed by atoms with E-state index < -0.39 is 0 Å². The van der Waals surface area contributed by atoms with Gasteiger partial charge in [-0.15, -0.1) is 0 Å². The number of amides is 2. The van der Waals surface area contributed by atoms with Gasteiger partial charge in [-0.1, -0.05) is 29.8 Å². The summed E-state index contributed by atoms with van der Waals surface area (Å²) in [7, 11) is 0. The summed E-state index contributed by atoms with van der Waals surface area (Å²) in [5.41, 5.74) is 2.66. The molecule has 1 aliphatic heterocycles. The fourth-order valence-corrected chi connectivity index (χ4v) is 2.52. The van der Waals surface area contributed by atoms with Gasteiger partial charge in [0.2, 0.25) is 0 Å². The Morgan fingerprint density at radius 2 is 1.95 bits per heavy atom. The zero-order chi connectivity index (χ0) is 14.5. The molecule has 4 nitrogen and oxygen atoms in total. The van der Waals surface area contributed by atoms with Crippen molar-refractivity contribution in [3.63, 3.8) is 0 Å². The molecule has 1 aromatic carbocycles. The van der Waals surface area contributed by atoms with E-state index >= 15 is 0 Å². The van der Waals surface area contributed by atoms with E-state index in [1.807, 2.05) is 18.7 Å². The number of nitrogens with one attached hydrogen (secondary N) is 1. The lowest BCUT2D eigenvalue weighted by Crippen LogP contribution is -2.52. The van der Waals surface area contributed by atoms with Crippen LogP contribution in [0.2, 0.25) is 0 Å². The molecule has 2 rings (SSSR count). The van der Waals surface area contributed by atoms with Gasteiger partial charge in [0.1, 0.15) is 0 Å². The Morgan fingerprint density at radius 3 is 2.55 bits per heavy atom. The summed E-state index contributed by atoms with van der Waals surface area (Å²) in [6, 6.07) is 8.90. The Bertz CT molecular complexity index is 451. The van der Waals surface area contributed by atoms with Crippen molar-refractivity contribution in [3.05, 3.63) is 35.4 Å². The third-order valence-electron chi connectivity index (χ3n) is 3.56. The topological polar surface area (TPSA) is 35.6 Å². The first-order valence-corrected chi connectivity index (χ1v) is 7.38. The predicted molar refractivity (Wildman–Crippen MR) is 81.7 cm³/mol. The van der Waals surface area contributed by atoms with Crippen LogP contribution in [-0.4, -0.2) is 48.1 Å². The van der Waals surface area contributed by atoms with E-state index in [4.69, 9.17) is 0 Å². The second-order valence-electron chi connectivity index (χ2n) is 5.86.